The molecule has 0 saturated heterocycles. The van der Waals surface area contributed by atoms with Crippen LogP contribution < -0.4 is 0 Å². The average molecular weight is 441 g/mol. The standard InChI is InChI=1S/C24H29FN4O3/c1-5-32-24(31)23-15(2)22(16(3)26-23)21(30)14-29(4)12-6-7-19-13-20(28-27-19)17-8-10-18(25)11-9-17/h8-11,13,26H,5-7,12,14H2,1-4H3,(H,27,28). The van der Waals surface area contributed by atoms with E-state index in [1.165, 1.54) is 12.1 Å². The zero-order chi connectivity index (χ0) is 23.3. The number of aryl methyl sites for hydroxylation is 2. The number of rotatable bonds is 10. The highest BCUT2D eigenvalue weighted by Crippen LogP contribution is 2.20. The summed E-state index contributed by atoms with van der Waals surface area (Å²) in [6.07, 6.45) is 1.62. The van der Waals surface area contributed by atoms with Crippen LogP contribution in [-0.2, 0) is 11.2 Å². The van der Waals surface area contributed by atoms with Crippen molar-refractivity contribution in [1.29, 1.82) is 0 Å². The quantitative estimate of drug-likeness (QED) is 0.366. The third kappa shape index (κ3) is 5.50. The Hall–Kier alpha value is -3.26. The van der Waals surface area contributed by atoms with E-state index in [1.54, 1.807) is 32.9 Å². The van der Waals surface area contributed by atoms with Crippen LogP contribution in [0.15, 0.2) is 30.3 Å². The van der Waals surface area contributed by atoms with Gasteiger partial charge in [0.1, 0.15) is 11.5 Å². The molecule has 0 aliphatic heterocycles. The number of ether oxygens (including phenoxy) is 1. The maximum absolute atomic E-state index is 13.1. The Morgan fingerprint density at radius 2 is 1.91 bits per heavy atom. The van der Waals surface area contributed by atoms with Crippen LogP contribution in [-0.4, -0.2) is 58.6 Å². The molecule has 2 heterocycles. The zero-order valence-electron chi connectivity index (χ0n) is 18.9. The van der Waals surface area contributed by atoms with Crippen molar-refractivity contribution in [3.05, 3.63) is 64.4 Å². The minimum Gasteiger partial charge on any atom is -0.461 e. The van der Waals surface area contributed by atoms with Crippen LogP contribution in [0, 0.1) is 19.7 Å². The molecular weight excluding hydrogens is 411 g/mol. The van der Waals surface area contributed by atoms with E-state index in [-0.39, 0.29) is 24.8 Å². The number of nitrogens with zero attached hydrogens (tertiary/aromatic N) is 2. The molecule has 7 nitrogen and oxygen atoms in total. The van der Waals surface area contributed by atoms with Crippen molar-refractivity contribution in [2.24, 2.45) is 0 Å². The molecule has 0 bridgehead atoms. The lowest BCUT2D eigenvalue weighted by atomic mass is 10.1. The number of carbonyl (C=O) groups is 2. The summed E-state index contributed by atoms with van der Waals surface area (Å²) in [5, 5.41) is 7.32. The van der Waals surface area contributed by atoms with Crippen molar-refractivity contribution in [2.45, 2.75) is 33.6 Å². The molecule has 32 heavy (non-hydrogen) atoms. The summed E-state index contributed by atoms with van der Waals surface area (Å²) >= 11 is 0. The Balaban J connectivity index is 1.52. The highest BCUT2D eigenvalue weighted by atomic mass is 19.1. The topological polar surface area (TPSA) is 91.1 Å². The summed E-state index contributed by atoms with van der Waals surface area (Å²) in [7, 11) is 1.90. The molecule has 0 saturated carbocycles. The molecule has 0 aliphatic rings. The molecule has 1 aromatic carbocycles. The number of Topliss-reactive ketones (excluding diaryl/α,β-unsaturated/α-hetero) is 1. The van der Waals surface area contributed by atoms with E-state index in [9.17, 15) is 14.0 Å². The largest absolute Gasteiger partial charge is 0.461 e. The van der Waals surface area contributed by atoms with Gasteiger partial charge in [0, 0.05) is 22.5 Å². The maximum Gasteiger partial charge on any atom is 0.355 e. The molecule has 0 atom stereocenters. The number of hydrogen-bond acceptors (Lipinski definition) is 5. The lowest BCUT2D eigenvalue weighted by Gasteiger charge is -2.15. The van der Waals surface area contributed by atoms with E-state index in [2.05, 4.69) is 15.2 Å². The normalized spacial score (nSPS) is 11.2. The summed E-state index contributed by atoms with van der Waals surface area (Å²) in [6.45, 7) is 6.57. The number of nitrogens with one attached hydrogen (secondary N) is 2. The first-order valence-corrected chi connectivity index (χ1v) is 10.7. The van der Waals surface area contributed by atoms with E-state index in [0.717, 1.165) is 36.3 Å². The highest BCUT2D eigenvalue weighted by molar-refractivity contribution is 6.03. The number of aromatic amines is 2. The summed E-state index contributed by atoms with van der Waals surface area (Å²) in [5.74, 6) is -0.751. The van der Waals surface area contributed by atoms with Crippen molar-refractivity contribution in [3.63, 3.8) is 0 Å². The van der Waals surface area contributed by atoms with Crippen molar-refractivity contribution in [1.82, 2.24) is 20.1 Å². The van der Waals surface area contributed by atoms with Gasteiger partial charge in [-0.15, -0.1) is 0 Å². The van der Waals surface area contributed by atoms with E-state index in [4.69, 9.17) is 4.74 Å². The first-order valence-electron chi connectivity index (χ1n) is 10.7. The fourth-order valence-corrected chi connectivity index (χ4v) is 3.78. The van der Waals surface area contributed by atoms with Gasteiger partial charge in [0.2, 0.25) is 0 Å². The Morgan fingerprint density at radius 1 is 1.19 bits per heavy atom. The van der Waals surface area contributed by atoms with E-state index in [0.29, 0.717) is 22.5 Å². The fourth-order valence-electron chi connectivity index (χ4n) is 3.78. The second kappa shape index (κ2) is 10.4. The number of esters is 1. The van der Waals surface area contributed by atoms with Crippen LogP contribution in [0.1, 0.15) is 51.1 Å². The molecule has 170 valence electrons. The summed E-state index contributed by atoms with van der Waals surface area (Å²) in [4.78, 5) is 29.9. The number of hydrogen-bond donors (Lipinski definition) is 2. The predicted octanol–water partition coefficient (Wildman–Crippen LogP) is 4.08. The molecule has 0 amide bonds. The first-order chi connectivity index (χ1) is 15.3. The molecule has 0 aliphatic carbocycles. The van der Waals surface area contributed by atoms with E-state index >= 15 is 0 Å². The number of H-pyrrole nitrogens is 2. The van der Waals surface area contributed by atoms with Gasteiger partial charge in [-0.3, -0.25) is 14.8 Å². The van der Waals surface area contributed by atoms with Crippen LogP contribution in [0.4, 0.5) is 4.39 Å². The second-order valence-corrected chi connectivity index (χ2v) is 7.90. The molecular formula is C24H29FN4O3. The molecule has 0 unspecified atom stereocenters. The lowest BCUT2D eigenvalue weighted by Crippen LogP contribution is -2.27. The maximum atomic E-state index is 13.1. The number of aromatic nitrogens is 3. The highest BCUT2D eigenvalue weighted by Gasteiger charge is 2.23. The van der Waals surface area contributed by atoms with Crippen LogP contribution >= 0.6 is 0 Å². The number of benzene rings is 1. The minimum atomic E-state index is -0.444. The third-order valence-electron chi connectivity index (χ3n) is 5.37. The van der Waals surface area contributed by atoms with Gasteiger partial charge in [-0.2, -0.15) is 5.10 Å². The fraction of sp³-hybridized carbons (Fsp3) is 0.375. The van der Waals surface area contributed by atoms with Gasteiger partial charge in [0.15, 0.2) is 5.78 Å². The van der Waals surface area contributed by atoms with Crippen molar-refractivity contribution in [3.8, 4) is 11.3 Å². The van der Waals surface area contributed by atoms with Gasteiger partial charge >= 0.3 is 5.97 Å². The van der Waals surface area contributed by atoms with Gasteiger partial charge in [-0.25, -0.2) is 9.18 Å². The van der Waals surface area contributed by atoms with Crippen molar-refractivity contribution < 1.29 is 18.7 Å². The van der Waals surface area contributed by atoms with Gasteiger partial charge in [0.05, 0.1) is 18.8 Å². The molecule has 8 heteroatoms. The molecule has 3 aromatic rings. The Labute approximate surface area is 187 Å². The number of carbonyl (C=O) groups excluding carboxylic acids is 2. The van der Waals surface area contributed by atoms with E-state index < -0.39 is 5.97 Å². The van der Waals surface area contributed by atoms with Gasteiger partial charge < -0.3 is 9.72 Å². The molecule has 2 N–H and O–H groups in total. The smallest absolute Gasteiger partial charge is 0.355 e. The monoisotopic (exact) mass is 440 g/mol. The lowest BCUT2D eigenvalue weighted by molar-refractivity contribution is 0.0519. The van der Waals surface area contributed by atoms with Crippen molar-refractivity contribution in [2.75, 3.05) is 26.7 Å². The molecule has 0 radical (unpaired) electrons. The van der Waals surface area contributed by atoms with Crippen LogP contribution in [0.25, 0.3) is 11.3 Å². The van der Waals surface area contributed by atoms with Crippen LogP contribution in [0.3, 0.4) is 0 Å². The Morgan fingerprint density at radius 3 is 2.59 bits per heavy atom. The van der Waals surface area contributed by atoms with Gasteiger partial charge in [0.25, 0.3) is 0 Å². The molecule has 0 spiro atoms. The SMILES string of the molecule is CCOC(=O)c1[nH]c(C)c(C(=O)CN(C)CCCc2cc(-c3ccc(F)cc3)n[nH]2)c1C. The van der Waals surface area contributed by atoms with Gasteiger partial charge in [-0.1, -0.05) is 0 Å². The average Bonchev–Trinajstić information content (AvgIpc) is 3.33. The minimum absolute atomic E-state index is 0.0329. The second-order valence-electron chi connectivity index (χ2n) is 7.90. The predicted molar refractivity (Wildman–Crippen MR) is 120 cm³/mol. The number of ketones is 1. The van der Waals surface area contributed by atoms with Gasteiger partial charge in [-0.05, 0) is 83.1 Å². The zero-order valence-corrected chi connectivity index (χ0v) is 18.9. The number of likely N-dealkylation sites (N-methyl/N-ethyl adjacent to an activating group) is 1. The molecule has 2 aromatic heterocycles. The first kappa shape index (κ1) is 23.4. The third-order valence-corrected chi connectivity index (χ3v) is 5.37. The number of halogens is 1. The van der Waals surface area contributed by atoms with Crippen LogP contribution in [0.2, 0.25) is 0 Å². The summed E-state index contributed by atoms with van der Waals surface area (Å²) < 4.78 is 18.1. The Kier molecular flexibility index (Phi) is 7.58. The van der Waals surface area contributed by atoms with Crippen LogP contribution in [0.5, 0.6) is 0 Å². The molecule has 0 fully saturated rings. The summed E-state index contributed by atoms with van der Waals surface area (Å²) in [5.41, 5.74) is 4.82. The van der Waals surface area contributed by atoms with Crippen molar-refractivity contribution >= 4 is 11.8 Å². The Bertz CT molecular complexity index is 1090. The molecule has 3 rings (SSSR count). The van der Waals surface area contributed by atoms with E-state index in [1.807, 2.05) is 18.0 Å². The summed E-state index contributed by atoms with van der Waals surface area (Å²) in [6, 6.07) is 8.19.